The zero-order valence-electron chi connectivity index (χ0n) is 19.5. The van der Waals surface area contributed by atoms with Crippen LogP contribution in [0.4, 0.5) is 0 Å². The van der Waals surface area contributed by atoms with Gasteiger partial charge in [0.15, 0.2) is 5.96 Å². The summed E-state index contributed by atoms with van der Waals surface area (Å²) < 4.78 is 5.32. The predicted molar refractivity (Wildman–Crippen MR) is 122 cm³/mol. The summed E-state index contributed by atoms with van der Waals surface area (Å²) in [7, 11) is 1.77. The third kappa shape index (κ3) is 11.4. The molecule has 1 aliphatic heterocycles. The number of hydrogen-bond acceptors (Lipinski definition) is 4. The quantitative estimate of drug-likeness (QED) is 0.267. The minimum atomic E-state index is 0.211. The monoisotopic (exact) mass is 425 g/mol. The summed E-state index contributed by atoms with van der Waals surface area (Å²) in [5, 5.41) is 6.58. The second kappa shape index (κ2) is 15.9. The van der Waals surface area contributed by atoms with E-state index in [1.807, 2.05) is 16.7 Å². The number of piperazine rings is 1. The summed E-state index contributed by atoms with van der Waals surface area (Å²) in [4.78, 5) is 32.5. The maximum atomic E-state index is 12.4. The van der Waals surface area contributed by atoms with Gasteiger partial charge in [-0.05, 0) is 32.1 Å². The summed E-state index contributed by atoms with van der Waals surface area (Å²) in [6, 6.07) is 0. The second-order valence-corrected chi connectivity index (χ2v) is 8.15. The Morgan fingerprint density at radius 1 is 0.933 bits per heavy atom. The van der Waals surface area contributed by atoms with E-state index in [2.05, 4.69) is 29.5 Å². The number of hydrogen-bond donors (Lipinski definition) is 2. The second-order valence-electron chi connectivity index (χ2n) is 8.15. The minimum Gasteiger partial charge on any atom is -0.382 e. The molecule has 1 heterocycles. The van der Waals surface area contributed by atoms with Crippen molar-refractivity contribution in [3.63, 3.8) is 0 Å². The van der Waals surface area contributed by atoms with Gasteiger partial charge in [0.2, 0.25) is 11.8 Å². The number of rotatable bonds is 13. The number of aliphatic imine (C=N–C) groups is 1. The molecule has 30 heavy (non-hydrogen) atoms. The van der Waals surface area contributed by atoms with Crippen LogP contribution in [0.5, 0.6) is 0 Å². The van der Waals surface area contributed by atoms with E-state index < -0.39 is 0 Å². The van der Waals surface area contributed by atoms with Crippen LogP contribution in [0.3, 0.4) is 0 Å². The maximum Gasteiger partial charge on any atom is 0.222 e. The van der Waals surface area contributed by atoms with E-state index in [1.165, 1.54) is 0 Å². The Labute approximate surface area is 182 Å². The fourth-order valence-electron chi connectivity index (χ4n) is 3.37. The Morgan fingerprint density at radius 3 is 2.10 bits per heavy atom. The van der Waals surface area contributed by atoms with Crippen LogP contribution in [0.2, 0.25) is 0 Å². The third-order valence-electron chi connectivity index (χ3n) is 5.11. The highest BCUT2D eigenvalue weighted by Gasteiger charge is 2.23. The van der Waals surface area contributed by atoms with Crippen LogP contribution in [0.15, 0.2) is 4.99 Å². The highest BCUT2D eigenvalue weighted by Crippen LogP contribution is 2.10. The lowest BCUT2D eigenvalue weighted by atomic mass is 10.1. The number of unbranched alkanes of at least 4 members (excludes halogenated alkanes) is 2. The van der Waals surface area contributed by atoms with Gasteiger partial charge < -0.3 is 25.2 Å². The van der Waals surface area contributed by atoms with Crippen molar-refractivity contribution in [1.29, 1.82) is 0 Å². The molecule has 0 aromatic carbocycles. The van der Waals surface area contributed by atoms with Crippen molar-refractivity contribution in [3.8, 4) is 0 Å². The molecule has 0 spiro atoms. The first kappa shape index (κ1) is 26.2. The van der Waals surface area contributed by atoms with Crippen molar-refractivity contribution in [2.24, 2.45) is 10.9 Å². The molecule has 1 rings (SSSR count). The highest BCUT2D eigenvalue weighted by molar-refractivity contribution is 5.79. The number of carbonyl (C=O) groups excluding carboxylic acids is 2. The Morgan fingerprint density at radius 2 is 1.53 bits per heavy atom. The van der Waals surface area contributed by atoms with E-state index in [4.69, 9.17) is 4.74 Å². The minimum absolute atomic E-state index is 0.211. The number of amides is 2. The van der Waals surface area contributed by atoms with Crippen LogP contribution in [0.25, 0.3) is 0 Å². The molecule has 0 aromatic heterocycles. The van der Waals surface area contributed by atoms with Crippen molar-refractivity contribution < 1.29 is 14.3 Å². The van der Waals surface area contributed by atoms with Gasteiger partial charge in [-0.1, -0.05) is 20.3 Å². The molecule has 1 fully saturated rings. The van der Waals surface area contributed by atoms with Crippen molar-refractivity contribution >= 4 is 17.8 Å². The summed E-state index contributed by atoms with van der Waals surface area (Å²) in [5.41, 5.74) is 0. The number of ether oxygens (including phenoxy) is 1. The molecule has 0 unspecified atom stereocenters. The van der Waals surface area contributed by atoms with Crippen molar-refractivity contribution in [2.75, 3.05) is 59.5 Å². The normalized spacial score (nSPS) is 14.9. The largest absolute Gasteiger partial charge is 0.382 e. The number of nitrogens with one attached hydrogen (secondary N) is 2. The van der Waals surface area contributed by atoms with Gasteiger partial charge in [0.25, 0.3) is 0 Å². The molecular weight excluding hydrogens is 382 g/mol. The van der Waals surface area contributed by atoms with Gasteiger partial charge in [-0.2, -0.15) is 0 Å². The lowest BCUT2D eigenvalue weighted by Gasteiger charge is -2.35. The third-order valence-corrected chi connectivity index (χ3v) is 5.11. The van der Waals surface area contributed by atoms with E-state index in [0.29, 0.717) is 44.9 Å². The molecule has 0 radical (unpaired) electrons. The SMILES string of the molecule is CCOCCCNC(=NC)NCCCCCC(=O)N1CCN(C(=O)CC(C)C)CC1. The average molecular weight is 426 g/mol. The van der Waals surface area contributed by atoms with Gasteiger partial charge in [0.1, 0.15) is 0 Å². The lowest BCUT2D eigenvalue weighted by molar-refractivity contribution is -0.140. The lowest BCUT2D eigenvalue weighted by Crippen LogP contribution is -2.50. The van der Waals surface area contributed by atoms with Gasteiger partial charge in [-0.3, -0.25) is 14.6 Å². The number of carbonyl (C=O) groups is 2. The Hall–Kier alpha value is -1.83. The van der Waals surface area contributed by atoms with E-state index in [9.17, 15) is 9.59 Å². The van der Waals surface area contributed by atoms with E-state index in [1.54, 1.807) is 7.05 Å². The first-order valence-corrected chi connectivity index (χ1v) is 11.6. The van der Waals surface area contributed by atoms with E-state index in [-0.39, 0.29) is 11.8 Å². The van der Waals surface area contributed by atoms with Crippen LogP contribution in [0, 0.1) is 5.92 Å². The highest BCUT2D eigenvalue weighted by atomic mass is 16.5. The van der Waals surface area contributed by atoms with E-state index >= 15 is 0 Å². The molecule has 0 saturated carbocycles. The van der Waals surface area contributed by atoms with Crippen LogP contribution >= 0.6 is 0 Å². The summed E-state index contributed by atoms with van der Waals surface area (Å²) >= 11 is 0. The van der Waals surface area contributed by atoms with Gasteiger partial charge in [0.05, 0.1) is 0 Å². The van der Waals surface area contributed by atoms with Crippen molar-refractivity contribution in [3.05, 3.63) is 0 Å². The molecule has 0 aromatic rings. The molecule has 8 heteroatoms. The van der Waals surface area contributed by atoms with E-state index in [0.717, 1.165) is 57.9 Å². The molecule has 2 N–H and O–H groups in total. The summed E-state index contributed by atoms with van der Waals surface area (Å²) in [6.45, 7) is 12.0. The predicted octanol–water partition coefficient (Wildman–Crippen LogP) is 1.86. The zero-order valence-corrected chi connectivity index (χ0v) is 19.5. The number of guanidine groups is 1. The molecule has 0 aliphatic carbocycles. The molecule has 0 bridgehead atoms. The van der Waals surface area contributed by atoms with Crippen LogP contribution in [-0.2, 0) is 14.3 Å². The average Bonchev–Trinajstić information content (AvgIpc) is 2.73. The Balaban J connectivity index is 2.07. The Bertz CT molecular complexity index is 517. The Kier molecular flexibility index (Phi) is 13.9. The summed E-state index contributed by atoms with van der Waals surface area (Å²) in [6.07, 6.45) is 5.04. The van der Waals surface area contributed by atoms with Crippen molar-refractivity contribution in [2.45, 2.75) is 59.3 Å². The molecule has 174 valence electrons. The number of nitrogens with zero attached hydrogens (tertiary/aromatic N) is 3. The molecule has 1 aliphatic rings. The first-order valence-electron chi connectivity index (χ1n) is 11.6. The molecular formula is C22H43N5O3. The topological polar surface area (TPSA) is 86.3 Å². The van der Waals surface area contributed by atoms with Gasteiger partial charge in [0, 0.05) is 72.4 Å². The first-order chi connectivity index (χ1) is 14.5. The molecule has 2 amide bonds. The fourth-order valence-corrected chi connectivity index (χ4v) is 3.37. The van der Waals surface area contributed by atoms with Crippen LogP contribution in [-0.4, -0.2) is 87.1 Å². The molecule has 8 nitrogen and oxygen atoms in total. The standard InChI is InChI=1S/C22H43N5O3/c1-5-30-17-9-12-25-22(23-4)24-11-8-6-7-10-20(28)26-13-15-27(16-14-26)21(29)18-19(2)3/h19H,5-18H2,1-4H3,(H2,23,24,25). The van der Waals surface area contributed by atoms with Crippen molar-refractivity contribution in [1.82, 2.24) is 20.4 Å². The maximum absolute atomic E-state index is 12.4. The smallest absolute Gasteiger partial charge is 0.222 e. The van der Waals surface area contributed by atoms with Crippen LogP contribution in [0.1, 0.15) is 59.3 Å². The fraction of sp³-hybridized carbons (Fsp3) is 0.864. The van der Waals surface area contributed by atoms with Gasteiger partial charge in [-0.15, -0.1) is 0 Å². The summed E-state index contributed by atoms with van der Waals surface area (Å²) in [5.74, 6) is 1.61. The molecule has 1 saturated heterocycles. The van der Waals surface area contributed by atoms with Gasteiger partial charge in [-0.25, -0.2) is 0 Å². The molecule has 0 atom stereocenters. The van der Waals surface area contributed by atoms with Crippen LogP contribution < -0.4 is 10.6 Å². The van der Waals surface area contributed by atoms with Gasteiger partial charge >= 0.3 is 0 Å². The zero-order chi connectivity index (χ0) is 22.2.